The minimum Gasteiger partial charge on any atom is -0.374 e. The first-order valence-corrected chi connectivity index (χ1v) is 7.68. The van der Waals surface area contributed by atoms with Crippen LogP contribution < -0.4 is 10.2 Å². The molecule has 0 saturated carbocycles. The average molecular weight is 276 g/mol. The number of nitrogens with zero attached hydrogens (tertiary/aromatic N) is 1. The van der Waals surface area contributed by atoms with E-state index in [-0.39, 0.29) is 11.0 Å². The molecule has 0 aliphatic heterocycles. The fraction of sp³-hybridized carbons (Fsp3) is 0.667. The van der Waals surface area contributed by atoms with Crippen LogP contribution in [0.5, 0.6) is 0 Å². The predicted molar refractivity (Wildman–Crippen MR) is 90.6 cm³/mol. The lowest BCUT2D eigenvalue weighted by atomic mass is 9.91. The van der Waals surface area contributed by atoms with Gasteiger partial charge < -0.3 is 10.2 Å². The van der Waals surface area contributed by atoms with Crippen molar-refractivity contribution in [2.45, 2.75) is 53.5 Å². The van der Waals surface area contributed by atoms with Gasteiger partial charge in [-0.1, -0.05) is 32.9 Å². The second-order valence-electron chi connectivity index (χ2n) is 7.64. The zero-order valence-corrected chi connectivity index (χ0v) is 14.4. The zero-order valence-electron chi connectivity index (χ0n) is 14.4. The Balaban J connectivity index is 2.60. The number of aryl methyl sites for hydroxylation is 1. The lowest BCUT2D eigenvalue weighted by molar-refractivity contribution is 0.295. The fourth-order valence-corrected chi connectivity index (χ4v) is 2.28. The van der Waals surface area contributed by atoms with Crippen molar-refractivity contribution in [1.29, 1.82) is 0 Å². The Bertz CT molecular complexity index is 398. The van der Waals surface area contributed by atoms with E-state index in [9.17, 15) is 0 Å². The normalized spacial score (nSPS) is 12.6. The predicted octanol–water partition coefficient (Wildman–Crippen LogP) is 4.10. The summed E-state index contributed by atoms with van der Waals surface area (Å²) in [6, 6.07) is 8.91. The van der Waals surface area contributed by atoms with Crippen LogP contribution in [0.25, 0.3) is 0 Å². The fourth-order valence-electron chi connectivity index (χ4n) is 2.28. The van der Waals surface area contributed by atoms with Crippen LogP contribution in [0.15, 0.2) is 24.3 Å². The summed E-state index contributed by atoms with van der Waals surface area (Å²) < 4.78 is 0. The van der Waals surface area contributed by atoms with Crippen molar-refractivity contribution in [2.24, 2.45) is 5.41 Å². The molecule has 20 heavy (non-hydrogen) atoms. The van der Waals surface area contributed by atoms with Gasteiger partial charge in [0.15, 0.2) is 0 Å². The van der Waals surface area contributed by atoms with Gasteiger partial charge in [0.1, 0.15) is 0 Å². The van der Waals surface area contributed by atoms with Crippen molar-refractivity contribution in [3.8, 4) is 0 Å². The van der Waals surface area contributed by atoms with E-state index >= 15 is 0 Å². The summed E-state index contributed by atoms with van der Waals surface area (Å²) in [7, 11) is 2.18. The molecule has 0 fully saturated rings. The molecule has 0 unspecified atom stereocenters. The van der Waals surface area contributed by atoms with Gasteiger partial charge in [-0.15, -0.1) is 0 Å². The van der Waals surface area contributed by atoms with Gasteiger partial charge in [-0.25, -0.2) is 0 Å². The van der Waals surface area contributed by atoms with Crippen LogP contribution in [-0.2, 0) is 6.42 Å². The first-order chi connectivity index (χ1) is 9.13. The number of rotatable bonds is 6. The van der Waals surface area contributed by atoms with Crippen molar-refractivity contribution < 1.29 is 0 Å². The highest BCUT2D eigenvalue weighted by atomic mass is 15.1. The number of anilines is 1. The zero-order chi connectivity index (χ0) is 15.4. The molecule has 0 atom stereocenters. The lowest BCUT2D eigenvalue weighted by Gasteiger charge is -2.34. The highest BCUT2D eigenvalue weighted by Crippen LogP contribution is 2.21. The van der Waals surface area contributed by atoms with Gasteiger partial charge in [-0.05, 0) is 50.3 Å². The van der Waals surface area contributed by atoms with Gasteiger partial charge in [-0.3, -0.25) is 0 Å². The van der Waals surface area contributed by atoms with Crippen LogP contribution >= 0.6 is 0 Å². The summed E-state index contributed by atoms with van der Waals surface area (Å²) in [5, 5.41) is 3.61. The van der Waals surface area contributed by atoms with E-state index < -0.39 is 0 Å². The maximum absolute atomic E-state index is 3.61. The third-order valence-corrected chi connectivity index (χ3v) is 3.55. The van der Waals surface area contributed by atoms with E-state index in [1.54, 1.807) is 0 Å². The highest BCUT2D eigenvalue weighted by molar-refractivity contribution is 5.47. The molecule has 0 amide bonds. The first kappa shape index (κ1) is 17.0. The quantitative estimate of drug-likeness (QED) is 0.841. The first-order valence-electron chi connectivity index (χ1n) is 7.68. The Morgan fingerprint density at radius 1 is 1.00 bits per heavy atom. The molecule has 0 radical (unpaired) electrons. The molecule has 0 saturated heterocycles. The molecule has 2 heteroatoms. The topological polar surface area (TPSA) is 15.3 Å². The average Bonchev–Trinajstić information content (AvgIpc) is 2.35. The van der Waals surface area contributed by atoms with Crippen molar-refractivity contribution in [2.75, 3.05) is 25.0 Å². The van der Waals surface area contributed by atoms with E-state index in [0.717, 1.165) is 19.5 Å². The number of hydrogen-bond donors (Lipinski definition) is 1. The molecule has 2 nitrogen and oxygen atoms in total. The summed E-state index contributed by atoms with van der Waals surface area (Å²) in [6.45, 7) is 15.6. The molecular weight excluding hydrogens is 244 g/mol. The van der Waals surface area contributed by atoms with Crippen LogP contribution in [-0.4, -0.2) is 25.7 Å². The minimum atomic E-state index is 0.179. The van der Waals surface area contributed by atoms with E-state index in [4.69, 9.17) is 0 Å². The van der Waals surface area contributed by atoms with Gasteiger partial charge in [0.05, 0.1) is 0 Å². The summed E-state index contributed by atoms with van der Waals surface area (Å²) in [6.07, 6.45) is 1.10. The molecule has 0 aromatic heterocycles. The van der Waals surface area contributed by atoms with E-state index in [0.29, 0.717) is 0 Å². The number of hydrogen-bond acceptors (Lipinski definition) is 2. The van der Waals surface area contributed by atoms with Crippen molar-refractivity contribution in [1.82, 2.24) is 5.32 Å². The van der Waals surface area contributed by atoms with Crippen molar-refractivity contribution in [3.63, 3.8) is 0 Å². The summed E-state index contributed by atoms with van der Waals surface area (Å²) in [5.41, 5.74) is 3.12. The molecular formula is C18H32N2. The third kappa shape index (κ3) is 5.96. The van der Waals surface area contributed by atoms with Crippen LogP contribution in [0.2, 0.25) is 0 Å². The van der Waals surface area contributed by atoms with Gasteiger partial charge in [0, 0.05) is 31.4 Å². The van der Waals surface area contributed by atoms with Gasteiger partial charge >= 0.3 is 0 Å². The van der Waals surface area contributed by atoms with Gasteiger partial charge in [0.25, 0.3) is 0 Å². The lowest BCUT2D eigenvalue weighted by Crippen LogP contribution is -2.45. The van der Waals surface area contributed by atoms with Crippen LogP contribution in [0.3, 0.4) is 0 Å². The molecule has 0 aliphatic carbocycles. The minimum absolute atomic E-state index is 0.179. The second kappa shape index (κ2) is 6.62. The molecule has 1 aromatic rings. The maximum atomic E-state index is 3.61. The Kier molecular flexibility index (Phi) is 5.64. The molecule has 114 valence electrons. The SMILES string of the molecule is CCc1ccc(N(C)CC(C)(C)CNC(C)(C)C)cc1. The largest absolute Gasteiger partial charge is 0.374 e. The van der Waals surface area contributed by atoms with Crippen molar-refractivity contribution in [3.05, 3.63) is 29.8 Å². The highest BCUT2D eigenvalue weighted by Gasteiger charge is 2.22. The van der Waals surface area contributed by atoms with E-state index in [1.807, 2.05) is 0 Å². The molecule has 1 N–H and O–H groups in total. The van der Waals surface area contributed by atoms with Crippen LogP contribution in [0.4, 0.5) is 5.69 Å². The molecule has 1 rings (SSSR count). The van der Waals surface area contributed by atoms with Crippen molar-refractivity contribution >= 4 is 5.69 Å². The summed E-state index contributed by atoms with van der Waals surface area (Å²) in [5.74, 6) is 0. The van der Waals surface area contributed by atoms with E-state index in [1.165, 1.54) is 11.3 Å². The van der Waals surface area contributed by atoms with Gasteiger partial charge in [-0.2, -0.15) is 0 Å². The third-order valence-electron chi connectivity index (χ3n) is 3.55. The van der Waals surface area contributed by atoms with E-state index in [2.05, 4.69) is 83.1 Å². The summed E-state index contributed by atoms with van der Waals surface area (Å²) in [4.78, 5) is 2.35. The number of nitrogens with one attached hydrogen (secondary N) is 1. The molecule has 0 bridgehead atoms. The van der Waals surface area contributed by atoms with Crippen LogP contribution in [0, 0.1) is 5.41 Å². The Morgan fingerprint density at radius 3 is 2.00 bits per heavy atom. The molecule has 0 heterocycles. The standard InChI is InChI=1S/C18H32N2/c1-8-15-9-11-16(12-10-15)20(7)14-18(5,6)13-19-17(2,3)4/h9-12,19H,8,13-14H2,1-7H3. The molecule has 0 spiro atoms. The Labute approximate surface area is 125 Å². The number of benzene rings is 1. The van der Waals surface area contributed by atoms with Crippen LogP contribution in [0.1, 0.15) is 47.1 Å². The van der Waals surface area contributed by atoms with Gasteiger partial charge in [0.2, 0.25) is 0 Å². The maximum Gasteiger partial charge on any atom is 0.0363 e. The summed E-state index contributed by atoms with van der Waals surface area (Å²) >= 11 is 0. The Morgan fingerprint density at radius 2 is 1.55 bits per heavy atom. The Hall–Kier alpha value is -1.02. The molecule has 0 aliphatic rings. The smallest absolute Gasteiger partial charge is 0.0363 e. The second-order valence-corrected chi connectivity index (χ2v) is 7.64. The molecule has 1 aromatic carbocycles. The monoisotopic (exact) mass is 276 g/mol.